The van der Waals surface area contributed by atoms with Crippen LogP contribution in [-0.2, 0) is 0 Å². The predicted octanol–water partition coefficient (Wildman–Crippen LogP) is 5.81. The highest BCUT2D eigenvalue weighted by Gasteiger charge is 2.11. The van der Waals surface area contributed by atoms with Crippen molar-refractivity contribution >= 4 is 43.9 Å². The molecule has 0 N–H and O–H groups in total. The van der Waals surface area contributed by atoms with Gasteiger partial charge in [-0.25, -0.2) is 0 Å². The van der Waals surface area contributed by atoms with E-state index in [1.54, 1.807) is 7.11 Å². The van der Waals surface area contributed by atoms with Crippen molar-refractivity contribution < 1.29 is 4.74 Å². The van der Waals surface area contributed by atoms with Crippen molar-refractivity contribution in [1.29, 1.82) is 0 Å². The van der Waals surface area contributed by atoms with E-state index in [9.17, 15) is 0 Å². The minimum Gasteiger partial charge on any atom is -0.497 e. The summed E-state index contributed by atoms with van der Waals surface area (Å²) in [6.45, 7) is 0. The maximum Gasteiger partial charge on any atom is 0.119 e. The molecule has 0 saturated carbocycles. The molecule has 0 aliphatic heterocycles. The van der Waals surface area contributed by atoms with E-state index in [2.05, 4.69) is 42.5 Å². The second kappa shape index (κ2) is 4.64. The van der Waals surface area contributed by atoms with Gasteiger partial charge >= 0.3 is 0 Å². The molecule has 102 valence electrons. The Kier molecular flexibility index (Phi) is 2.76. The summed E-state index contributed by atoms with van der Waals surface area (Å²) in [4.78, 5) is 0. The first kappa shape index (κ1) is 12.5. The minimum atomic E-state index is 0.775. The third-order valence-corrected chi connectivity index (χ3v) is 4.33. The van der Waals surface area contributed by atoms with Crippen LogP contribution in [0.5, 0.6) is 5.75 Å². The molecule has 4 aromatic rings. The van der Waals surface area contributed by atoms with E-state index in [0.717, 1.165) is 21.5 Å². The van der Waals surface area contributed by atoms with Crippen LogP contribution < -0.4 is 4.74 Å². The normalized spacial score (nSPS) is 11.3. The molecule has 0 atom stereocenters. The Hall–Kier alpha value is -2.25. The van der Waals surface area contributed by atoms with Crippen LogP contribution in [0.4, 0.5) is 0 Å². The van der Waals surface area contributed by atoms with Crippen LogP contribution >= 0.6 is 11.6 Å². The van der Waals surface area contributed by atoms with Crippen LogP contribution in [0.2, 0.25) is 5.02 Å². The quantitative estimate of drug-likeness (QED) is 0.402. The van der Waals surface area contributed by atoms with Crippen molar-refractivity contribution in [2.75, 3.05) is 7.11 Å². The standard InChI is InChI=1S/C19H13ClO/c1-21-12-9-10-15-13-5-2-3-6-14(13)16-7-4-8-18(20)19(16)17(15)11-12/h2-11H,1H3. The Bertz CT molecular complexity index is 989. The highest BCUT2D eigenvalue weighted by atomic mass is 35.5. The molecule has 0 radical (unpaired) electrons. The van der Waals surface area contributed by atoms with Gasteiger partial charge < -0.3 is 4.74 Å². The molecule has 1 nitrogen and oxygen atoms in total. The van der Waals surface area contributed by atoms with Crippen LogP contribution in [-0.4, -0.2) is 7.11 Å². The van der Waals surface area contributed by atoms with Gasteiger partial charge in [-0.3, -0.25) is 0 Å². The number of rotatable bonds is 1. The van der Waals surface area contributed by atoms with Gasteiger partial charge in [-0.1, -0.05) is 54.1 Å². The van der Waals surface area contributed by atoms with E-state index in [1.807, 2.05) is 18.2 Å². The van der Waals surface area contributed by atoms with Gasteiger partial charge in [0.05, 0.1) is 7.11 Å². The SMILES string of the molecule is COc1ccc2c3ccccc3c3cccc(Cl)c3c2c1. The summed E-state index contributed by atoms with van der Waals surface area (Å²) in [5, 5.41) is 7.85. The highest BCUT2D eigenvalue weighted by molar-refractivity contribution is 6.40. The molecule has 2 heteroatoms. The molecule has 0 aliphatic carbocycles. The van der Waals surface area contributed by atoms with Gasteiger partial charge in [0.25, 0.3) is 0 Å². The van der Waals surface area contributed by atoms with Crippen LogP contribution in [0.15, 0.2) is 60.7 Å². The molecule has 0 aromatic heterocycles. The lowest BCUT2D eigenvalue weighted by Gasteiger charge is -2.12. The van der Waals surface area contributed by atoms with E-state index in [0.29, 0.717) is 0 Å². The van der Waals surface area contributed by atoms with Gasteiger partial charge in [-0.05, 0) is 45.1 Å². The van der Waals surface area contributed by atoms with Crippen LogP contribution in [0.25, 0.3) is 32.3 Å². The van der Waals surface area contributed by atoms with Gasteiger partial charge in [0.2, 0.25) is 0 Å². The monoisotopic (exact) mass is 292 g/mol. The summed E-state index contributed by atoms with van der Waals surface area (Å²) >= 11 is 6.49. The van der Waals surface area contributed by atoms with Gasteiger partial charge in [0, 0.05) is 10.4 Å². The maximum absolute atomic E-state index is 6.49. The average Bonchev–Trinajstić information content (AvgIpc) is 2.54. The topological polar surface area (TPSA) is 9.23 Å². The molecule has 0 aliphatic rings. The Balaban J connectivity index is 2.38. The molecule has 4 rings (SSSR count). The first-order valence-electron chi connectivity index (χ1n) is 6.86. The predicted molar refractivity (Wildman–Crippen MR) is 90.5 cm³/mol. The van der Waals surface area contributed by atoms with E-state index in [4.69, 9.17) is 16.3 Å². The van der Waals surface area contributed by atoms with Gasteiger partial charge in [-0.15, -0.1) is 0 Å². The molecule has 0 bridgehead atoms. The Morgan fingerprint density at radius 1 is 0.714 bits per heavy atom. The number of hydrogen-bond acceptors (Lipinski definition) is 1. The molecule has 0 fully saturated rings. The van der Waals surface area contributed by atoms with Crippen molar-refractivity contribution in [1.82, 2.24) is 0 Å². The fraction of sp³-hybridized carbons (Fsp3) is 0.0526. The van der Waals surface area contributed by atoms with E-state index < -0.39 is 0 Å². The van der Waals surface area contributed by atoms with Crippen molar-refractivity contribution in [2.24, 2.45) is 0 Å². The molecule has 0 saturated heterocycles. The summed E-state index contributed by atoms with van der Waals surface area (Å²) in [7, 11) is 1.69. The largest absolute Gasteiger partial charge is 0.497 e. The summed E-state index contributed by atoms with van der Waals surface area (Å²) in [5.74, 6) is 0.846. The van der Waals surface area contributed by atoms with Gasteiger partial charge in [0.15, 0.2) is 0 Å². The third-order valence-electron chi connectivity index (χ3n) is 4.02. The average molecular weight is 293 g/mol. The molecule has 21 heavy (non-hydrogen) atoms. The first-order valence-corrected chi connectivity index (χ1v) is 7.24. The van der Waals surface area contributed by atoms with Crippen molar-refractivity contribution in [2.45, 2.75) is 0 Å². The van der Waals surface area contributed by atoms with Crippen molar-refractivity contribution in [3.8, 4) is 5.75 Å². The van der Waals surface area contributed by atoms with Crippen molar-refractivity contribution in [3.05, 3.63) is 65.7 Å². The van der Waals surface area contributed by atoms with Crippen molar-refractivity contribution in [3.63, 3.8) is 0 Å². The molecule has 0 amide bonds. The fourth-order valence-electron chi connectivity index (χ4n) is 3.07. The number of ether oxygens (including phenoxy) is 1. The summed E-state index contributed by atoms with van der Waals surface area (Å²) in [6, 6.07) is 20.7. The zero-order valence-corrected chi connectivity index (χ0v) is 12.3. The highest BCUT2D eigenvalue weighted by Crippen LogP contribution is 2.39. The first-order chi connectivity index (χ1) is 10.3. The number of halogens is 1. The van der Waals surface area contributed by atoms with Gasteiger partial charge in [0.1, 0.15) is 5.75 Å². The second-order valence-electron chi connectivity index (χ2n) is 5.12. The zero-order chi connectivity index (χ0) is 14.4. The Labute approximate surface area is 127 Å². The minimum absolute atomic E-state index is 0.775. The number of methoxy groups -OCH3 is 1. The molecular formula is C19H13ClO. The Morgan fingerprint density at radius 3 is 2.14 bits per heavy atom. The molecule has 0 spiro atoms. The van der Waals surface area contributed by atoms with E-state index >= 15 is 0 Å². The molecule has 0 heterocycles. The number of fused-ring (bicyclic) bond motifs is 6. The fourth-order valence-corrected chi connectivity index (χ4v) is 3.34. The molecule has 0 unspecified atom stereocenters. The number of hydrogen-bond donors (Lipinski definition) is 0. The lowest BCUT2D eigenvalue weighted by Crippen LogP contribution is -1.86. The lowest BCUT2D eigenvalue weighted by molar-refractivity contribution is 0.415. The smallest absolute Gasteiger partial charge is 0.119 e. The summed E-state index contributed by atoms with van der Waals surface area (Å²) in [6.07, 6.45) is 0. The zero-order valence-electron chi connectivity index (χ0n) is 11.6. The van der Waals surface area contributed by atoms with E-state index in [1.165, 1.54) is 21.5 Å². The van der Waals surface area contributed by atoms with Gasteiger partial charge in [-0.2, -0.15) is 0 Å². The lowest BCUT2D eigenvalue weighted by atomic mass is 9.94. The maximum atomic E-state index is 6.49. The Morgan fingerprint density at radius 2 is 1.38 bits per heavy atom. The molecular weight excluding hydrogens is 280 g/mol. The summed E-state index contributed by atoms with van der Waals surface area (Å²) in [5.41, 5.74) is 0. The number of benzene rings is 4. The van der Waals surface area contributed by atoms with Crippen LogP contribution in [0.1, 0.15) is 0 Å². The summed E-state index contributed by atoms with van der Waals surface area (Å²) < 4.78 is 5.38. The third kappa shape index (κ3) is 1.78. The van der Waals surface area contributed by atoms with Crippen LogP contribution in [0, 0.1) is 0 Å². The van der Waals surface area contributed by atoms with Crippen LogP contribution in [0.3, 0.4) is 0 Å². The van der Waals surface area contributed by atoms with E-state index in [-0.39, 0.29) is 0 Å². The second-order valence-corrected chi connectivity index (χ2v) is 5.53. The molecule has 4 aromatic carbocycles.